The number of nitrogens with zero attached hydrogens (tertiary/aromatic N) is 1. The molecule has 0 spiro atoms. The SMILES string of the molecule is CC(CN1CCCC1)NC(=O)CC(C)(C)N. The molecule has 4 heteroatoms. The average Bonchev–Trinajstić information content (AvgIpc) is 2.51. The number of likely N-dealkylation sites (tertiary alicyclic amines) is 1. The predicted molar refractivity (Wildman–Crippen MR) is 66.2 cm³/mol. The summed E-state index contributed by atoms with van der Waals surface area (Å²) in [4.78, 5) is 14.0. The number of rotatable bonds is 5. The van der Waals surface area contributed by atoms with Crippen LogP contribution < -0.4 is 11.1 Å². The lowest BCUT2D eigenvalue weighted by Gasteiger charge is -2.23. The Morgan fingerprint density at radius 2 is 2.00 bits per heavy atom. The highest BCUT2D eigenvalue weighted by molar-refractivity contribution is 5.77. The normalized spacial score (nSPS) is 19.8. The fraction of sp³-hybridized carbons (Fsp3) is 0.917. The van der Waals surface area contributed by atoms with Crippen molar-refractivity contribution in [3.8, 4) is 0 Å². The molecule has 1 fully saturated rings. The summed E-state index contributed by atoms with van der Waals surface area (Å²) in [6.45, 7) is 9.09. The van der Waals surface area contributed by atoms with Gasteiger partial charge in [0.05, 0.1) is 0 Å². The molecule has 4 nitrogen and oxygen atoms in total. The molecule has 0 radical (unpaired) electrons. The standard InChI is InChI=1S/C12H25N3O/c1-10(9-15-6-4-5-7-15)14-11(16)8-12(2,3)13/h10H,4-9,13H2,1-3H3,(H,14,16). The van der Waals surface area contributed by atoms with Crippen molar-refractivity contribution < 1.29 is 4.79 Å². The van der Waals surface area contributed by atoms with Gasteiger partial charge in [0.1, 0.15) is 0 Å². The Bertz CT molecular complexity index is 229. The van der Waals surface area contributed by atoms with E-state index in [-0.39, 0.29) is 11.9 Å². The van der Waals surface area contributed by atoms with E-state index in [1.165, 1.54) is 25.9 Å². The van der Waals surface area contributed by atoms with Crippen molar-refractivity contribution in [1.82, 2.24) is 10.2 Å². The van der Waals surface area contributed by atoms with Crippen LogP contribution in [0.1, 0.15) is 40.0 Å². The smallest absolute Gasteiger partial charge is 0.222 e. The summed E-state index contributed by atoms with van der Waals surface area (Å²) in [5.74, 6) is 0.0548. The number of hydrogen-bond donors (Lipinski definition) is 2. The topological polar surface area (TPSA) is 58.4 Å². The van der Waals surface area contributed by atoms with Crippen LogP contribution in [0, 0.1) is 0 Å². The summed E-state index contributed by atoms with van der Waals surface area (Å²) in [5, 5.41) is 3.00. The van der Waals surface area contributed by atoms with Gasteiger partial charge in [0.15, 0.2) is 0 Å². The molecule has 0 bridgehead atoms. The molecule has 1 rings (SSSR count). The minimum absolute atomic E-state index is 0.0548. The molecular formula is C12H25N3O. The van der Waals surface area contributed by atoms with Gasteiger partial charge in [-0.3, -0.25) is 4.79 Å². The van der Waals surface area contributed by atoms with E-state index in [0.29, 0.717) is 6.42 Å². The maximum Gasteiger partial charge on any atom is 0.222 e. The van der Waals surface area contributed by atoms with E-state index >= 15 is 0 Å². The molecule has 1 saturated heterocycles. The third kappa shape index (κ3) is 5.47. The third-order valence-electron chi connectivity index (χ3n) is 2.75. The lowest BCUT2D eigenvalue weighted by atomic mass is 10.0. The Morgan fingerprint density at radius 3 is 2.50 bits per heavy atom. The maximum atomic E-state index is 11.6. The van der Waals surface area contributed by atoms with Gasteiger partial charge in [0.25, 0.3) is 0 Å². The molecule has 0 aromatic carbocycles. The summed E-state index contributed by atoms with van der Waals surface area (Å²) < 4.78 is 0. The van der Waals surface area contributed by atoms with Crippen LogP contribution in [0.4, 0.5) is 0 Å². The molecule has 1 unspecified atom stereocenters. The van der Waals surface area contributed by atoms with Gasteiger partial charge in [-0.1, -0.05) is 0 Å². The second-order valence-corrected chi connectivity index (χ2v) is 5.64. The van der Waals surface area contributed by atoms with E-state index in [4.69, 9.17) is 5.73 Å². The molecule has 0 aromatic rings. The first kappa shape index (κ1) is 13.5. The van der Waals surface area contributed by atoms with E-state index < -0.39 is 5.54 Å². The van der Waals surface area contributed by atoms with Crippen molar-refractivity contribution in [2.24, 2.45) is 5.73 Å². The monoisotopic (exact) mass is 227 g/mol. The van der Waals surface area contributed by atoms with Crippen LogP contribution in [0.5, 0.6) is 0 Å². The molecule has 1 amide bonds. The van der Waals surface area contributed by atoms with Crippen molar-refractivity contribution in [3.05, 3.63) is 0 Å². The number of hydrogen-bond acceptors (Lipinski definition) is 3. The molecule has 0 saturated carbocycles. The molecular weight excluding hydrogens is 202 g/mol. The van der Waals surface area contributed by atoms with Crippen molar-refractivity contribution in [1.29, 1.82) is 0 Å². The molecule has 0 aromatic heterocycles. The highest BCUT2D eigenvalue weighted by atomic mass is 16.1. The minimum Gasteiger partial charge on any atom is -0.352 e. The zero-order valence-electron chi connectivity index (χ0n) is 10.8. The summed E-state index contributed by atoms with van der Waals surface area (Å²) in [6.07, 6.45) is 2.96. The van der Waals surface area contributed by atoms with Gasteiger partial charge in [-0.2, -0.15) is 0 Å². The Hall–Kier alpha value is -0.610. The lowest BCUT2D eigenvalue weighted by Crippen LogP contribution is -2.45. The van der Waals surface area contributed by atoms with Crippen LogP contribution in [0.15, 0.2) is 0 Å². The Morgan fingerprint density at radius 1 is 1.44 bits per heavy atom. The van der Waals surface area contributed by atoms with Gasteiger partial charge in [0, 0.05) is 24.5 Å². The summed E-state index contributed by atoms with van der Waals surface area (Å²) >= 11 is 0. The van der Waals surface area contributed by atoms with Crippen LogP contribution in [0.3, 0.4) is 0 Å². The predicted octanol–water partition coefficient (Wildman–Crippen LogP) is 0.714. The number of amides is 1. The molecule has 0 aliphatic carbocycles. The first-order valence-corrected chi connectivity index (χ1v) is 6.17. The van der Waals surface area contributed by atoms with Gasteiger partial charge in [0.2, 0.25) is 5.91 Å². The van der Waals surface area contributed by atoms with E-state index in [2.05, 4.69) is 17.1 Å². The van der Waals surface area contributed by atoms with Crippen molar-refractivity contribution in [2.45, 2.75) is 51.6 Å². The van der Waals surface area contributed by atoms with Crippen LogP contribution in [-0.4, -0.2) is 42.0 Å². The molecule has 1 aliphatic rings. The van der Waals surface area contributed by atoms with Gasteiger partial charge in [-0.15, -0.1) is 0 Å². The highest BCUT2D eigenvalue weighted by Crippen LogP contribution is 2.08. The van der Waals surface area contributed by atoms with E-state index in [0.717, 1.165) is 6.54 Å². The number of nitrogens with one attached hydrogen (secondary N) is 1. The van der Waals surface area contributed by atoms with Gasteiger partial charge < -0.3 is 16.0 Å². The first-order valence-electron chi connectivity index (χ1n) is 6.17. The molecule has 3 N–H and O–H groups in total. The Balaban J connectivity index is 2.22. The van der Waals surface area contributed by atoms with Crippen LogP contribution in [-0.2, 0) is 4.79 Å². The van der Waals surface area contributed by atoms with E-state index in [1.54, 1.807) is 0 Å². The highest BCUT2D eigenvalue weighted by Gasteiger charge is 2.19. The quantitative estimate of drug-likeness (QED) is 0.727. The van der Waals surface area contributed by atoms with Crippen molar-refractivity contribution >= 4 is 5.91 Å². The number of carbonyl (C=O) groups is 1. The molecule has 94 valence electrons. The fourth-order valence-corrected chi connectivity index (χ4v) is 2.14. The second kappa shape index (κ2) is 5.64. The summed E-state index contributed by atoms with van der Waals surface area (Å²) in [6, 6.07) is 0.216. The zero-order chi connectivity index (χ0) is 12.2. The average molecular weight is 227 g/mol. The first-order chi connectivity index (χ1) is 7.37. The van der Waals surface area contributed by atoms with Crippen LogP contribution >= 0.6 is 0 Å². The number of carbonyl (C=O) groups excluding carboxylic acids is 1. The second-order valence-electron chi connectivity index (χ2n) is 5.64. The van der Waals surface area contributed by atoms with Crippen LogP contribution in [0.2, 0.25) is 0 Å². The Kier molecular flexibility index (Phi) is 4.74. The summed E-state index contributed by atoms with van der Waals surface area (Å²) in [5.41, 5.74) is 5.39. The third-order valence-corrected chi connectivity index (χ3v) is 2.75. The van der Waals surface area contributed by atoms with Crippen molar-refractivity contribution in [2.75, 3.05) is 19.6 Å². The van der Waals surface area contributed by atoms with E-state index in [1.807, 2.05) is 13.8 Å². The van der Waals surface area contributed by atoms with Gasteiger partial charge >= 0.3 is 0 Å². The summed E-state index contributed by atoms with van der Waals surface area (Å²) in [7, 11) is 0. The minimum atomic E-state index is -0.419. The Labute approximate surface area is 98.6 Å². The lowest BCUT2D eigenvalue weighted by molar-refractivity contribution is -0.122. The molecule has 1 atom stereocenters. The largest absolute Gasteiger partial charge is 0.352 e. The molecule has 1 aliphatic heterocycles. The number of nitrogens with two attached hydrogens (primary N) is 1. The maximum absolute atomic E-state index is 11.6. The van der Waals surface area contributed by atoms with Gasteiger partial charge in [-0.25, -0.2) is 0 Å². The van der Waals surface area contributed by atoms with Crippen LogP contribution in [0.25, 0.3) is 0 Å². The fourth-order valence-electron chi connectivity index (χ4n) is 2.14. The zero-order valence-corrected chi connectivity index (χ0v) is 10.8. The molecule has 16 heavy (non-hydrogen) atoms. The van der Waals surface area contributed by atoms with E-state index in [9.17, 15) is 4.79 Å². The molecule has 1 heterocycles. The van der Waals surface area contributed by atoms with Crippen molar-refractivity contribution in [3.63, 3.8) is 0 Å². The van der Waals surface area contributed by atoms with Gasteiger partial charge in [-0.05, 0) is 46.7 Å².